The van der Waals surface area contributed by atoms with Crippen LogP contribution >= 0.6 is 0 Å². The summed E-state index contributed by atoms with van der Waals surface area (Å²) in [6, 6.07) is -0.0826. The lowest BCUT2D eigenvalue weighted by atomic mass is 9.76. The van der Waals surface area contributed by atoms with E-state index in [0.29, 0.717) is 13.2 Å². The highest BCUT2D eigenvalue weighted by Crippen LogP contribution is 2.40. The van der Waals surface area contributed by atoms with E-state index in [2.05, 4.69) is 33.8 Å². The average Bonchev–Trinajstić information content (AvgIpc) is 2.62. The molecule has 2 bridgehead atoms. The van der Waals surface area contributed by atoms with Gasteiger partial charge in [-0.3, -0.25) is 4.90 Å². The van der Waals surface area contributed by atoms with E-state index in [-0.39, 0.29) is 36.5 Å². The molecule has 146 valence electrons. The summed E-state index contributed by atoms with van der Waals surface area (Å²) in [5.41, 5.74) is 0.114. The van der Waals surface area contributed by atoms with Gasteiger partial charge >= 0.3 is 13.2 Å². The van der Waals surface area contributed by atoms with Crippen LogP contribution in [0.1, 0.15) is 54.9 Å². The summed E-state index contributed by atoms with van der Waals surface area (Å²) in [6.45, 7) is 15.0. The number of fused-ring (bicyclic) bond motifs is 2. The Morgan fingerprint density at radius 2 is 1.85 bits per heavy atom. The summed E-state index contributed by atoms with van der Waals surface area (Å²) in [6.07, 6.45) is 3.36. The zero-order valence-electron chi connectivity index (χ0n) is 17.1. The molecule has 2 fully saturated rings. The second-order valence-corrected chi connectivity index (χ2v) is 9.57. The molecule has 7 heteroatoms. The van der Waals surface area contributed by atoms with Crippen LogP contribution in [0.3, 0.4) is 0 Å². The number of hydrogen-bond donors (Lipinski definition) is 0. The van der Waals surface area contributed by atoms with Gasteiger partial charge in [0.1, 0.15) is 5.60 Å². The lowest BCUT2D eigenvalue weighted by Gasteiger charge is -2.44. The van der Waals surface area contributed by atoms with E-state index in [1.807, 2.05) is 25.7 Å². The smallest absolute Gasteiger partial charge is 0.444 e. The normalized spacial score (nSPS) is 30.2. The molecular weight excluding hydrogens is 333 g/mol. The predicted molar refractivity (Wildman–Crippen MR) is 100 cm³/mol. The van der Waals surface area contributed by atoms with Crippen molar-refractivity contribution in [3.8, 4) is 0 Å². The van der Waals surface area contributed by atoms with Crippen molar-refractivity contribution in [2.45, 2.75) is 90.1 Å². The quantitative estimate of drug-likeness (QED) is 0.554. The zero-order valence-corrected chi connectivity index (χ0v) is 17.1. The van der Waals surface area contributed by atoms with Crippen LogP contribution in [-0.2, 0) is 18.8 Å². The molecule has 0 aromatic carbocycles. The number of carbonyl (C=O) groups is 1. The number of hydrogen-bond acceptors (Lipinski definition) is 5. The van der Waals surface area contributed by atoms with E-state index >= 15 is 0 Å². The summed E-state index contributed by atoms with van der Waals surface area (Å²) in [4.78, 5) is 14.5. The van der Waals surface area contributed by atoms with E-state index < -0.39 is 5.60 Å². The van der Waals surface area contributed by atoms with Gasteiger partial charge in [0.2, 0.25) is 0 Å². The Morgan fingerprint density at radius 1 is 1.23 bits per heavy atom. The standard InChI is InChI=1S/C19H32BNO5/c1-17(2,3)24-16(22)21-14-8-13(9-15(21)12-23-11-14)10-20-25-18(4,5)19(6,7)26-20/h8,14-15H,9-12H2,1-7H3. The fraction of sp³-hybridized carbons (Fsp3) is 0.842. The van der Waals surface area contributed by atoms with Crippen LogP contribution in [0.4, 0.5) is 4.79 Å². The molecule has 0 spiro atoms. The maximum atomic E-state index is 12.6. The van der Waals surface area contributed by atoms with Crippen molar-refractivity contribution in [2.75, 3.05) is 13.2 Å². The van der Waals surface area contributed by atoms with Crippen LogP contribution < -0.4 is 0 Å². The Morgan fingerprint density at radius 3 is 2.38 bits per heavy atom. The van der Waals surface area contributed by atoms with Gasteiger partial charge in [0.15, 0.2) is 0 Å². The molecule has 3 heterocycles. The average molecular weight is 365 g/mol. The van der Waals surface area contributed by atoms with Crippen molar-refractivity contribution in [2.24, 2.45) is 0 Å². The number of amides is 1. The first-order chi connectivity index (χ1) is 11.9. The molecule has 0 aromatic heterocycles. The molecule has 6 nitrogen and oxygen atoms in total. The third-order valence-corrected chi connectivity index (χ3v) is 5.61. The van der Waals surface area contributed by atoms with Crippen molar-refractivity contribution < 1.29 is 23.6 Å². The minimum Gasteiger partial charge on any atom is -0.444 e. The van der Waals surface area contributed by atoms with E-state index in [1.165, 1.54) is 5.57 Å². The molecule has 0 aromatic rings. The van der Waals surface area contributed by atoms with E-state index in [9.17, 15) is 4.79 Å². The summed E-state index contributed by atoms with van der Waals surface area (Å²) in [5.74, 6) is 0. The van der Waals surface area contributed by atoms with Gasteiger partial charge in [-0.05, 0) is 54.9 Å². The molecule has 3 aliphatic rings. The number of nitrogens with zero attached hydrogens (tertiary/aromatic N) is 1. The maximum Gasteiger partial charge on any atom is 0.462 e. The molecule has 26 heavy (non-hydrogen) atoms. The SMILES string of the molecule is CC(C)(C)OC(=O)N1C2C=C(CB3OC(C)(C)C(C)(C)O3)CC1COC2. The number of rotatable bonds is 2. The van der Waals surface area contributed by atoms with Gasteiger partial charge in [0.25, 0.3) is 0 Å². The predicted octanol–water partition coefficient (Wildman–Crippen LogP) is 3.41. The van der Waals surface area contributed by atoms with Gasteiger partial charge in [-0.25, -0.2) is 4.79 Å². The number of carbonyl (C=O) groups excluding carboxylic acids is 1. The summed E-state index contributed by atoms with van der Waals surface area (Å²) >= 11 is 0. The molecule has 0 N–H and O–H groups in total. The highest BCUT2D eigenvalue weighted by atomic mass is 16.7. The maximum absolute atomic E-state index is 12.6. The first kappa shape index (κ1) is 19.7. The van der Waals surface area contributed by atoms with Gasteiger partial charge in [0.05, 0.1) is 36.5 Å². The Balaban J connectivity index is 1.70. The topological polar surface area (TPSA) is 57.2 Å². The van der Waals surface area contributed by atoms with Crippen molar-refractivity contribution in [3.05, 3.63) is 11.6 Å². The van der Waals surface area contributed by atoms with Crippen LogP contribution in [-0.4, -0.2) is 60.2 Å². The third kappa shape index (κ3) is 3.95. The van der Waals surface area contributed by atoms with E-state index in [4.69, 9.17) is 18.8 Å². The highest BCUT2D eigenvalue weighted by Gasteiger charge is 2.51. The second-order valence-electron chi connectivity index (χ2n) is 9.57. The van der Waals surface area contributed by atoms with Crippen LogP contribution in [0.15, 0.2) is 11.6 Å². The second kappa shape index (κ2) is 6.53. The van der Waals surface area contributed by atoms with E-state index in [1.54, 1.807) is 0 Å². The highest BCUT2D eigenvalue weighted by molar-refractivity contribution is 6.46. The molecule has 3 aliphatic heterocycles. The van der Waals surface area contributed by atoms with Crippen LogP contribution in [0.2, 0.25) is 6.32 Å². The number of ether oxygens (including phenoxy) is 2. The Labute approximate surface area is 157 Å². The van der Waals surface area contributed by atoms with E-state index in [0.717, 1.165) is 12.7 Å². The fourth-order valence-electron chi connectivity index (χ4n) is 3.70. The first-order valence-electron chi connectivity index (χ1n) is 9.52. The Hall–Kier alpha value is -1.05. The van der Waals surface area contributed by atoms with Gasteiger partial charge < -0.3 is 18.8 Å². The number of morpholine rings is 1. The minimum absolute atomic E-state index is 0.00558. The van der Waals surface area contributed by atoms with Gasteiger partial charge in [0, 0.05) is 6.32 Å². The van der Waals surface area contributed by atoms with Crippen LogP contribution in [0.25, 0.3) is 0 Å². The lowest BCUT2D eigenvalue weighted by Crippen LogP contribution is -2.57. The molecule has 2 atom stereocenters. The Bertz CT molecular complexity index is 579. The first-order valence-corrected chi connectivity index (χ1v) is 9.52. The summed E-state index contributed by atoms with van der Waals surface area (Å²) in [5, 5.41) is 0. The molecule has 2 saturated heterocycles. The lowest BCUT2D eigenvalue weighted by molar-refractivity contribution is -0.0535. The minimum atomic E-state index is -0.501. The van der Waals surface area contributed by atoms with Crippen molar-refractivity contribution in [1.82, 2.24) is 4.90 Å². The molecule has 0 saturated carbocycles. The van der Waals surface area contributed by atoms with Crippen LogP contribution in [0, 0.1) is 0 Å². The molecule has 2 unspecified atom stereocenters. The molecule has 1 amide bonds. The summed E-state index contributed by atoms with van der Waals surface area (Å²) < 4.78 is 23.5. The van der Waals surface area contributed by atoms with Crippen molar-refractivity contribution >= 4 is 13.2 Å². The summed E-state index contributed by atoms with van der Waals surface area (Å²) in [7, 11) is -0.249. The van der Waals surface area contributed by atoms with Gasteiger partial charge in [-0.2, -0.15) is 0 Å². The van der Waals surface area contributed by atoms with Crippen LogP contribution in [0.5, 0.6) is 0 Å². The molecule has 3 rings (SSSR count). The molecular formula is C19H32BNO5. The third-order valence-electron chi connectivity index (χ3n) is 5.61. The van der Waals surface area contributed by atoms with Gasteiger partial charge in [-0.1, -0.05) is 11.6 Å². The molecule has 0 radical (unpaired) electrons. The molecule has 0 aliphatic carbocycles. The zero-order chi connectivity index (χ0) is 19.3. The van der Waals surface area contributed by atoms with Crippen molar-refractivity contribution in [3.63, 3.8) is 0 Å². The van der Waals surface area contributed by atoms with Crippen molar-refractivity contribution in [1.29, 1.82) is 0 Å². The Kier molecular flexibility index (Phi) is 4.95. The monoisotopic (exact) mass is 365 g/mol. The van der Waals surface area contributed by atoms with Gasteiger partial charge in [-0.15, -0.1) is 0 Å². The fourth-order valence-corrected chi connectivity index (χ4v) is 3.70. The largest absolute Gasteiger partial charge is 0.462 e.